The van der Waals surface area contributed by atoms with Crippen LogP contribution >= 0.6 is 0 Å². The highest BCUT2D eigenvalue weighted by Gasteiger charge is 2.21. The van der Waals surface area contributed by atoms with Crippen molar-refractivity contribution in [3.05, 3.63) is 35.0 Å². The molecule has 0 saturated heterocycles. The molecule has 21 heavy (non-hydrogen) atoms. The number of likely N-dealkylation sites (N-methyl/N-ethyl adjacent to an activating group) is 1. The topological polar surface area (TPSA) is 74.2 Å². The second-order valence-corrected chi connectivity index (χ2v) is 5.70. The molecule has 1 aliphatic rings. The number of rotatable bonds is 4. The van der Waals surface area contributed by atoms with Crippen molar-refractivity contribution in [1.29, 1.82) is 0 Å². The van der Waals surface area contributed by atoms with Crippen LogP contribution in [0.2, 0.25) is 0 Å². The zero-order valence-electron chi connectivity index (χ0n) is 12.4. The SMILES string of the molecule is CN1CCc2[nH]c3c(C(=O)NCCCN)cccc3c2C1. The van der Waals surface area contributed by atoms with Crippen LogP contribution in [0, 0.1) is 0 Å². The van der Waals surface area contributed by atoms with Gasteiger partial charge in [-0.05, 0) is 31.6 Å². The molecule has 0 saturated carbocycles. The average Bonchev–Trinajstić information content (AvgIpc) is 2.85. The van der Waals surface area contributed by atoms with E-state index < -0.39 is 0 Å². The Hall–Kier alpha value is -1.85. The Balaban J connectivity index is 1.95. The van der Waals surface area contributed by atoms with E-state index in [0.717, 1.165) is 37.0 Å². The number of hydrogen-bond acceptors (Lipinski definition) is 3. The largest absolute Gasteiger partial charge is 0.357 e. The third-order valence-corrected chi connectivity index (χ3v) is 4.11. The van der Waals surface area contributed by atoms with Crippen molar-refractivity contribution in [3.8, 4) is 0 Å². The smallest absolute Gasteiger partial charge is 0.253 e. The van der Waals surface area contributed by atoms with Crippen molar-refractivity contribution < 1.29 is 4.79 Å². The van der Waals surface area contributed by atoms with Crippen LogP contribution in [0.1, 0.15) is 28.0 Å². The number of nitrogens with zero attached hydrogens (tertiary/aromatic N) is 1. The zero-order chi connectivity index (χ0) is 14.8. The molecule has 0 atom stereocenters. The predicted molar refractivity (Wildman–Crippen MR) is 84.3 cm³/mol. The van der Waals surface area contributed by atoms with Gasteiger partial charge < -0.3 is 20.9 Å². The van der Waals surface area contributed by atoms with Crippen LogP contribution < -0.4 is 11.1 Å². The number of para-hydroxylation sites is 1. The fourth-order valence-corrected chi connectivity index (χ4v) is 2.96. The molecule has 0 fully saturated rings. The van der Waals surface area contributed by atoms with E-state index in [9.17, 15) is 4.79 Å². The van der Waals surface area contributed by atoms with Crippen molar-refractivity contribution in [2.75, 3.05) is 26.7 Å². The maximum absolute atomic E-state index is 12.3. The van der Waals surface area contributed by atoms with E-state index in [2.05, 4.69) is 28.3 Å². The quantitative estimate of drug-likeness (QED) is 0.740. The van der Waals surface area contributed by atoms with E-state index in [-0.39, 0.29) is 5.91 Å². The highest BCUT2D eigenvalue weighted by Crippen LogP contribution is 2.29. The lowest BCUT2D eigenvalue weighted by atomic mass is 10.0. The van der Waals surface area contributed by atoms with E-state index >= 15 is 0 Å². The summed E-state index contributed by atoms with van der Waals surface area (Å²) in [6.45, 7) is 3.20. The van der Waals surface area contributed by atoms with E-state index in [1.807, 2.05) is 12.1 Å². The standard InChI is InChI=1S/C16H22N4O/c1-20-9-6-14-13(10-20)11-4-2-5-12(15(11)19-14)16(21)18-8-3-7-17/h2,4-5,19H,3,6-10,17H2,1H3,(H,18,21). The van der Waals surface area contributed by atoms with Gasteiger partial charge in [0.1, 0.15) is 0 Å². The van der Waals surface area contributed by atoms with Crippen LogP contribution in [-0.2, 0) is 13.0 Å². The van der Waals surface area contributed by atoms with Gasteiger partial charge in [-0.25, -0.2) is 0 Å². The molecule has 4 N–H and O–H groups in total. The van der Waals surface area contributed by atoms with Crippen molar-refractivity contribution in [3.63, 3.8) is 0 Å². The third kappa shape index (κ3) is 2.66. The third-order valence-electron chi connectivity index (χ3n) is 4.11. The number of hydrogen-bond donors (Lipinski definition) is 3. The summed E-state index contributed by atoms with van der Waals surface area (Å²) in [5, 5.41) is 4.10. The molecule has 112 valence electrons. The number of carbonyl (C=O) groups excluding carboxylic acids is 1. The molecule has 1 aromatic heterocycles. The van der Waals surface area contributed by atoms with E-state index in [1.165, 1.54) is 16.6 Å². The summed E-state index contributed by atoms with van der Waals surface area (Å²) in [5.74, 6) is -0.0269. The van der Waals surface area contributed by atoms with Crippen molar-refractivity contribution in [1.82, 2.24) is 15.2 Å². The molecule has 0 unspecified atom stereocenters. The Morgan fingerprint density at radius 1 is 1.48 bits per heavy atom. The normalized spacial score (nSPS) is 15.1. The number of H-pyrrole nitrogens is 1. The first-order valence-corrected chi connectivity index (χ1v) is 7.50. The molecular weight excluding hydrogens is 264 g/mol. The highest BCUT2D eigenvalue weighted by molar-refractivity contribution is 6.06. The molecule has 0 bridgehead atoms. The van der Waals surface area contributed by atoms with Gasteiger partial charge in [-0.1, -0.05) is 12.1 Å². The minimum absolute atomic E-state index is 0.0269. The number of nitrogens with two attached hydrogens (primary N) is 1. The lowest BCUT2D eigenvalue weighted by Gasteiger charge is -2.22. The first kappa shape index (κ1) is 14.1. The lowest BCUT2D eigenvalue weighted by molar-refractivity contribution is 0.0955. The number of aromatic amines is 1. The predicted octanol–water partition coefficient (Wildman–Crippen LogP) is 1.23. The Morgan fingerprint density at radius 3 is 3.14 bits per heavy atom. The van der Waals surface area contributed by atoms with Gasteiger partial charge in [-0.3, -0.25) is 4.79 Å². The summed E-state index contributed by atoms with van der Waals surface area (Å²) in [6, 6.07) is 5.94. The molecule has 1 aliphatic heterocycles. The van der Waals surface area contributed by atoms with Crippen LogP contribution in [0.15, 0.2) is 18.2 Å². The molecule has 5 heteroatoms. The van der Waals surface area contributed by atoms with Gasteiger partial charge in [-0.2, -0.15) is 0 Å². The van der Waals surface area contributed by atoms with Gasteiger partial charge in [0, 0.05) is 37.1 Å². The minimum Gasteiger partial charge on any atom is -0.357 e. The molecule has 3 rings (SSSR count). The van der Waals surface area contributed by atoms with Crippen LogP contribution in [-0.4, -0.2) is 42.5 Å². The van der Waals surface area contributed by atoms with Crippen LogP contribution in [0.4, 0.5) is 0 Å². The summed E-state index contributed by atoms with van der Waals surface area (Å²) >= 11 is 0. The van der Waals surface area contributed by atoms with Crippen molar-refractivity contribution >= 4 is 16.8 Å². The summed E-state index contributed by atoms with van der Waals surface area (Å²) in [6.07, 6.45) is 1.81. The Bertz CT molecular complexity index is 662. The minimum atomic E-state index is -0.0269. The van der Waals surface area contributed by atoms with Crippen molar-refractivity contribution in [2.45, 2.75) is 19.4 Å². The molecule has 5 nitrogen and oxygen atoms in total. The maximum atomic E-state index is 12.3. The first-order chi connectivity index (χ1) is 10.2. The van der Waals surface area contributed by atoms with Crippen LogP contribution in [0.5, 0.6) is 0 Å². The number of benzene rings is 1. The average molecular weight is 286 g/mol. The monoisotopic (exact) mass is 286 g/mol. The number of fused-ring (bicyclic) bond motifs is 3. The summed E-state index contributed by atoms with van der Waals surface area (Å²) in [4.78, 5) is 18.1. The van der Waals surface area contributed by atoms with Crippen LogP contribution in [0.3, 0.4) is 0 Å². The maximum Gasteiger partial charge on any atom is 0.253 e. The molecule has 2 aromatic rings. The molecule has 1 amide bonds. The highest BCUT2D eigenvalue weighted by atomic mass is 16.1. The summed E-state index contributed by atoms with van der Waals surface area (Å²) in [7, 11) is 2.13. The van der Waals surface area contributed by atoms with Crippen molar-refractivity contribution in [2.24, 2.45) is 5.73 Å². The second-order valence-electron chi connectivity index (χ2n) is 5.70. The first-order valence-electron chi connectivity index (χ1n) is 7.50. The number of amides is 1. The number of aromatic nitrogens is 1. The molecule has 0 radical (unpaired) electrons. The molecule has 1 aromatic carbocycles. The fourth-order valence-electron chi connectivity index (χ4n) is 2.96. The lowest BCUT2D eigenvalue weighted by Crippen LogP contribution is -2.26. The molecule has 0 aliphatic carbocycles. The van der Waals surface area contributed by atoms with Gasteiger partial charge in [0.05, 0.1) is 11.1 Å². The summed E-state index contributed by atoms with van der Waals surface area (Å²) in [5.41, 5.74) is 9.74. The van der Waals surface area contributed by atoms with E-state index in [0.29, 0.717) is 13.1 Å². The van der Waals surface area contributed by atoms with E-state index in [4.69, 9.17) is 5.73 Å². The van der Waals surface area contributed by atoms with Gasteiger partial charge in [0.2, 0.25) is 0 Å². The Morgan fingerprint density at radius 2 is 2.33 bits per heavy atom. The summed E-state index contributed by atoms with van der Waals surface area (Å²) < 4.78 is 0. The zero-order valence-corrected chi connectivity index (χ0v) is 12.4. The van der Waals surface area contributed by atoms with Gasteiger partial charge in [0.25, 0.3) is 5.91 Å². The van der Waals surface area contributed by atoms with Gasteiger partial charge in [-0.15, -0.1) is 0 Å². The van der Waals surface area contributed by atoms with Crippen LogP contribution in [0.25, 0.3) is 10.9 Å². The van der Waals surface area contributed by atoms with E-state index in [1.54, 1.807) is 0 Å². The molecular formula is C16H22N4O. The Labute approximate surface area is 124 Å². The Kier molecular flexibility index (Phi) is 3.94. The van der Waals surface area contributed by atoms with Gasteiger partial charge in [0.15, 0.2) is 0 Å². The van der Waals surface area contributed by atoms with Gasteiger partial charge >= 0.3 is 0 Å². The molecule has 2 heterocycles. The number of nitrogens with one attached hydrogen (secondary N) is 2. The second kappa shape index (κ2) is 5.87. The number of carbonyl (C=O) groups is 1. The molecule has 0 spiro atoms. The fraction of sp³-hybridized carbons (Fsp3) is 0.438.